The maximum absolute atomic E-state index is 14.2. The summed E-state index contributed by atoms with van der Waals surface area (Å²) in [6.07, 6.45) is 1.11. The summed E-state index contributed by atoms with van der Waals surface area (Å²) < 4.78 is 14.2. The molecule has 2 heterocycles. The van der Waals surface area contributed by atoms with Gasteiger partial charge in [0.1, 0.15) is 5.82 Å². The summed E-state index contributed by atoms with van der Waals surface area (Å²) in [5.74, 6) is -1.79. The zero-order valence-corrected chi connectivity index (χ0v) is 12.0. The van der Waals surface area contributed by atoms with Crippen molar-refractivity contribution in [2.45, 2.75) is 13.3 Å². The lowest BCUT2D eigenvalue weighted by molar-refractivity contribution is -0.112. The van der Waals surface area contributed by atoms with E-state index in [0.717, 1.165) is 39.1 Å². The van der Waals surface area contributed by atoms with Gasteiger partial charge >= 0.3 is 0 Å². The number of hydrogen-bond donors (Lipinski definition) is 1. The molecule has 21 heavy (non-hydrogen) atoms. The normalized spacial score (nSPS) is 18.9. The van der Waals surface area contributed by atoms with E-state index in [-0.39, 0.29) is 5.56 Å². The number of nitrogens with zero attached hydrogens (tertiary/aromatic N) is 2. The lowest BCUT2D eigenvalue weighted by Crippen LogP contribution is -2.46. The number of carbonyl (C=O) groups excluding carboxylic acids is 2. The molecular weight excluding hydrogens is 273 g/mol. The molecule has 0 aromatic heterocycles. The van der Waals surface area contributed by atoms with Crippen LogP contribution in [-0.4, -0.2) is 49.3 Å². The Labute approximate surface area is 122 Å². The van der Waals surface area contributed by atoms with Gasteiger partial charge < -0.3 is 10.2 Å². The van der Waals surface area contributed by atoms with Crippen LogP contribution < -0.4 is 10.2 Å². The minimum absolute atomic E-state index is 0.130. The fraction of sp³-hybridized carbons (Fsp3) is 0.467. The van der Waals surface area contributed by atoms with Crippen molar-refractivity contribution < 1.29 is 14.0 Å². The number of benzene rings is 1. The van der Waals surface area contributed by atoms with Gasteiger partial charge in [0, 0.05) is 26.2 Å². The molecule has 6 heteroatoms. The van der Waals surface area contributed by atoms with Crippen molar-refractivity contribution in [3.63, 3.8) is 0 Å². The van der Waals surface area contributed by atoms with Gasteiger partial charge in [0.05, 0.1) is 16.9 Å². The Morgan fingerprint density at radius 1 is 1.19 bits per heavy atom. The molecule has 1 amide bonds. The van der Waals surface area contributed by atoms with Crippen LogP contribution in [0.25, 0.3) is 0 Å². The Bertz CT molecular complexity index is 595. The van der Waals surface area contributed by atoms with Crippen LogP contribution in [0.1, 0.15) is 23.7 Å². The summed E-state index contributed by atoms with van der Waals surface area (Å²) in [4.78, 5) is 27.2. The highest BCUT2D eigenvalue weighted by Crippen LogP contribution is 2.31. The van der Waals surface area contributed by atoms with Gasteiger partial charge in [-0.2, -0.15) is 0 Å². The van der Waals surface area contributed by atoms with Crippen LogP contribution in [0.4, 0.5) is 15.8 Å². The third kappa shape index (κ3) is 2.51. The second-order valence-corrected chi connectivity index (χ2v) is 5.46. The van der Waals surface area contributed by atoms with Crippen LogP contribution in [0.15, 0.2) is 12.1 Å². The molecule has 2 aliphatic rings. The van der Waals surface area contributed by atoms with E-state index in [1.165, 1.54) is 6.07 Å². The number of nitrogens with one attached hydrogen (secondary N) is 1. The first kappa shape index (κ1) is 14.0. The van der Waals surface area contributed by atoms with E-state index < -0.39 is 17.5 Å². The third-order valence-corrected chi connectivity index (χ3v) is 4.04. The molecule has 2 aliphatic heterocycles. The highest BCUT2D eigenvalue weighted by atomic mass is 19.1. The maximum Gasteiger partial charge on any atom is 0.296 e. The molecule has 3 rings (SSSR count). The van der Waals surface area contributed by atoms with E-state index in [1.54, 1.807) is 6.07 Å². The molecule has 0 atom stereocenters. The average molecular weight is 291 g/mol. The van der Waals surface area contributed by atoms with Crippen molar-refractivity contribution in [2.75, 3.05) is 42.9 Å². The Hall–Kier alpha value is -1.95. The summed E-state index contributed by atoms with van der Waals surface area (Å²) in [6, 6.07) is 2.74. The Morgan fingerprint density at radius 3 is 2.57 bits per heavy atom. The van der Waals surface area contributed by atoms with Crippen LogP contribution >= 0.6 is 0 Å². The summed E-state index contributed by atoms with van der Waals surface area (Å²) in [7, 11) is 0. The molecule has 0 bridgehead atoms. The first-order valence-corrected chi connectivity index (χ1v) is 7.26. The highest BCUT2D eigenvalue weighted by Gasteiger charge is 2.30. The zero-order chi connectivity index (χ0) is 15.0. The van der Waals surface area contributed by atoms with Crippen LogP contribution in [0.3, 0.4) is 0 Å². The fourth-order valence-corrected chi connectivity index (χ4v) is 2.93. The van der Waals surface area contributed by atoms with Gasteiger partial charge in [-0.1, -0.05) is 6.92 Å². The molecular formula is C15H18FN3O2. The van der Waals surface area contributed by atoms with Gasteiger partial charge in [0.15, 0.2) is 0 Å². The standard InChI is InChI=1S/C15H18FN3O2/c1-2-3-18-4-6-19(7-5-18)13-9-12-10(8-11(13)16)14(20)15(21)17-12/h8-9H,2-7H2,1H3,(H,17,20,21). The van der Waals surface area contributed by atoms with Crippen molar-refractivity contribution in [1.29, 1.82) is 0 Å². The monoisotopic (exact) mass is 291 g/mol. The fourth-order valence-electron chi connectivity index (χ4n) is 2.93. The second kappa shape index (κ2) is 5.44. The SMILES string of the molecule is CCCN1CCN(c2cc3c(cc2F)C(=O)C(=O)N3)CC1. The van der Waals surface area contributed by atoms with Crippen LogP contribution in [0, 0.1) is 5.82 Å². The lowest BCUT2D eigenvalue weighted by Gasteiger charge is -2.36. The molecule has 1 N–H and O–H groups in total. The lowest BCUT2D eigenvalue weighted by atomic mass is 10.1. The van der Waals surface area contributed by atoms with E-state index in [9.17, 15) is 14.0 Å². The molecule has 0 unspecified atom stereocenters. The van der Waals surface area contributed by atoms with E-state index in [4.69, 9.17) is 0 Å². The summed E-state index contributed by atoms with van der Waals surface area (Å²) >= 11 is 0. The molecule has 0 aliphatic carbocycles. The maximum atomic E-state index is 14.2. The number of rotatable bonds is 3. The molecule has 5 nitrogen and oxygen atoms in total. The first-order valence-electron chi connectivity index (χ1n) is 7.26. The highest BCUT2D eigenvalue weighted by molar-refractivity contribution is 6.51. The Balaban J connectivity index is 1.80. The van der Waals surface area contributed by atoms with Gasteiger partial charge in [0.2, 0.25) is 0 Å². The molecule has 1 aromatic carbocycles. The largest absolute Gasteiger partial charge is 0.367 e. The van der Waals surface area contributed by atoms with E-state index in [1.807, 2.05) is 4.90 Å². The number of ketones is 1. The zero-order valence-electron chi connectivity index (χ0n) is 12.0. The number of amides is 1. The van der Waals surface area contributed by atoms with Gasteiger partial charge in [-0.3, -0.25) is 14.5 Å². The number of Topliss-reactive ketones (excluding diaryl/α,β-unsaturated/α-hetero) is 1. The van der Waals surface area contributed by atoms with Crippen molar-refractivity contribution in [3.8, 4) is 0 Å². The molecule has 112 valence electrons. The second-order valence-electron chi connectivity index (χ2n) is 5.46. The third-order valence-electron chi connectivity index (χ3n) is 4.04. The van der Waals surface area contributed by atoms with Crippen LogP contribution in [0.2, 0.25) is 0 Å². The predicted octanol–water partition coefficient (Wildman–Crippen LogP) is 1.49. The van der Waals surface area contributed by atoms with Gasteiger partial charge in [-0.25, -0.2) is 4.39 Å². The number of anilines is 2. The van der Waals surface area contributed by atoms with Crippen molar-refractivity contribution in [2.24, 2.45) is 0 Å². The molecule has 0 saturated carbocycles. The first-order chi connectivity index (χ1) is 10.1. The molecule has 0 radical (unpaired) electrons. The molecule has 1 aromatic rings. The van der Waals surface area contributed by atoms with Crippen molar-refractivity contribution in [1.82, 2.24) is 4.90 Å². The molecule has 1 fully saturated rings. The summed E-state index contributed by atoms with van der Waals surface area (Å²) in [5, 5.41) is 2.49. The number of fused-ring (bicyclic) bond motifs is 1. The minimum Gasteiger partial charge on any atom is -0.367 e. The van der Waals surface area contributed by atoms with Gasteiger partial charge in [0.25, 0.3) is 11.7 Å². The average Bonchev–Trinajstić information content (AvgIpc) is 2.75. The summed E-state index contributed by atoms with van der Waals surface area (Å²) in [6.45, 7) is 6.50. The topological polar surface area (TPSA) is 52.7 Å². The van der Waals surface area contributed by atoms with Gasteiger partial charge in [-0.15, -0.1) is 0 Å². The van der Waals surface area contributed by atoms with E-state index >= 15 is 0 Å². The Kier molecular flexibility index (Phi) is 3.63. The van der Waals surface area contributed by atoms with Crippen molar-refractivity contribution >= 4 is 23.1 Å². The van der Waals surface area contributed by atoms with Gasteiger partial charge in [-0.05, 0) is 25.1 Å². The van der Waals surface area contributed by atoms with E-state index in [0.29, 0.717) is 11.4 Å². The van der Waals surface area contributed by atoms with E-state index in [2.05, 4.69) is 17.1 Å². The van der Waals surface area contributed by atoms with Crippen molar-refractivity contribution in [3.05, 3.63) is 23.5 Å². The minimum atomic E-state index is -0.686. The number of halogens is 1. The smallest absolute Gasteiger partial charge is 0.296 e. The summed E-state index contributed by atoms with van der Waals surface area (Å²) in [5.41, 5.74) is 1.00. The Morgan fingerprint density at radius 2 is 1.90 bits per heavy atom. The number of piperazine rings is 1. The van der Waals surface area contributed by atoms with Crippen LogP contribution in [0.5, 0.6) is 0 Å². The predicted molar refractivity (Wildman–Crippen MR) is 78.3 cm³/mol. The number of carbonyl (C=O) groups is 2. The van der Waals surface area contributed by atoms with Crippen LogP contribution in [-0.2, 0) is 4.79 Å². The quantitative estimate of drug-likeness (QED) is 0.857. The number of hydrogen-bond acceptors (Lipinski definition) is 4. The molecule has 0 spiro atoms. The molecule has 1 saturated heterocycles.